The highest BCUT2D eigenvalue weighted by atomic mass is 19.1. The van der Waals surface area contributed by atoms with Crippen LogP contribution in [0.1, 0.15) is 5.69 Å². The van der Waals surface area contributed by atoms with Gasteiger partial charge in [0.05, 0.1) is 17.6 Å². The molecule has 0 aliphatic rings. The minimum Gasteiger partial charge on any atom is -0.478 e. The molecule has 2 rings (SSSR count). The number of nitrogens with zero attached hydrogens (tertiary/aromatic N) is 3. The van der Waals surface area contributed by atoms with Crippen LogP contribution in [0.2, 0.25) is 0 Å². The lowest BCUT2D eigenvalue weighted by Crippen LogP contribution is -1.85. The molecule has 2 N–H and O–H groups in total. The summed E-state index contributed by atoms with van der Waals surface area (Å²) in [5.41, 5.74) is 0.982. The van der Waals surface area contributed by atoms with Crippen LogP contribution in [0.4, 0.5) is 16.0 Å². The van der Waals surface area contributed by atoms with Crippen LogP contribution >= 0.6 is 0 Å². The van der Waals surface area contributed by atoms with Crippen molar-refractivity contribution in [1.82, 2.24) is 9.97 Å². The SMILES string of the molecule is O=C(O)/C=C/c1cnc(N=Nc2ccc(F)cc2)[nH]1. The number of H-pyrrole nitrogens is 1. The Morgan fingerprint density at radius 1 is 1.32 bits per heavy atom. The van der Waals surface area contributed by atoms with E-state index in [9.17, 15) is 9.18 Å². The fourth-order valence-corrected chi connectivity index (χ4v) is 1.23. The second-order valence-electron chi connectivity index (χ2n) is 3.51. The molecular formula is C12H9FN4O2. The van der Waals surface area contributed by atoms with E-state index in [1.54, 1.807) is 0 Å². The largest absolute Gasteiger partial charge is 0.478 e. The van der Waals surface area contributed by atoms with E-state index in [2.05, 4.69) is 20.2 Å². The van der Waals surface area contributed by atoms with Crippen molar-refractivity contribution in [2.75, 3.05) is 0 Å². The number of hydrogen-bond acceptors (Lipinski definition) is 4. The van der Waals surface area contributed by atoms with Crippen LogP contribution in [0.3, 0.4) is 0 Å². The molecule has 0 amide bonds. The van der Waals surface area contributed by atoms with Gasteiger partial charge < -0.3 is 10.1 Å². The van der Waals surface area contributed by atoms with Gasteiger partial charge in [0.1, 0.15) is 5.82 Å². The Labute approximate surface area is 107 Å². The fraction of sp³-hybridized carbons (Fsp3) is 0. The van der Waals surface area contributed by atoms with Crippen molar-refractivity contribution in [2.24, 2.45) is 10.2 Å². The molecule has 0 saturated heterocycles. The number of carboxylic acids is 1. The number of azo groups is 1. The van der Waals surface area contributed by atoms with Gasteiger partial charge in [-0.3, -0.25) is 0 Å². The van der Waals surface area contributed by atoms with Crippen LogP contribution in [0.5, 0.6) is 0 Å². The van der Waals surface area contributed by atoms with Crippen molar-refractivity contribution in [2.45, 2.75) is 0 Å². The summed E-state index contributed by atoms with van der Waals surface area (Å²) in [6.45, 7) is 0. The van der Waals surface area contributed by atoms with Crippen LogP contribution in [0.25, 0.3) is 6.08 Å². The summed E-state index contributed by atoms with van der Waals surface area (Å²) in [6, 6.07) is 5.51. The van der Waals surface area contributed by atoms with Gasteiger partial charge in [-0.25, -0.2) is 14.2 Å². The van der Waals surface area contributed by atoms with E-state index < -0.39 is 5.97 Å². The highest BCUT2D eigenvalue weighted by Gasteiger charge is 1.97. The van der Waals surface area contributed by atoms with E-state index in [0.29, 0.717) is 11.4 Å². The monoisotopic (exact) mass is 260 g/mol. The maximum atomic E-state index is 12.7. The van der Waals surface area contributed by atoms with Gasteiger partial charge in [-0.05, 0) is 30.3 Å². The maximum absolute atomic E-state index is 12.7. The number of halogens is 1. The van der Waals surface area contributed by atoms with E-state index in [1.807, 2.05) is 0 Å². The van der Waals surface area contributed by atoms with E-state index in [4.69, 9.17) is 5.11 Å². The third kappa shape index (κ3) is 3.84. The highest BCUT2D eigenvalue weighted by molar-refractivity contribution is 5.84. The molecule has 0 aliphatic heterocycles. The van der Waals surface area contributed by atoms with Gasteiger partial charge in [0.15, 0.2) is 0 Å². The Kier molecular flexibility index (Phi) is 3.77. The Morgan fingerprint density at radius 2 is 2.05 bits per heavy atom. The van der Waals surface area contributed by atoms with E-state index >= 15 is 0 Å². The number of aliphatic carboxylic acids is 1. The second-order valence-corrected chi connectivity index (χ2v) is 3.51. The summed E-state index contributed by atoms with van der Waals surface area (Å²) in [7, 11) is 0. The molecular weight excluding hydrogens is 251 g/mol. The molecule has 2 aromatic rings. The zero-order valence-corrected chi connectivity index (χ0v) is 9.62. The average Bonchev–Trinajstić information content (AvgIpc) is 2.84. The quantitative estimate of drug-likeness (QED) is 0.653. The second kappa shape index (κ2) is 5.67. The molecule has 0 aliphatic carbocycles. The number of aromatic nitrogens is 2. The summed E-state index contributed by atoms with van der Waals surface area (Å²) >= 11 is 0. The first-order valence-corrected chi connectivity index (χ1v) is 5.27. The van der Waals surface area contributed by atoms with Gasteiger partial charge in [-0.2, -0.15) is 0 Å². The van der Waals surface area contributed by atoms with Crippen molar-refractivity contribution in [3.63, 3.8) is 0 Å². The van der Waals surface area contributed by atoms with Crippen LogP contribution < -0.4 is 0 Å². The Morgan fingerprint density at radius 3 is 2.74 bits per heavy atom. The first-order chi connectivity index (χ1) is 9.13. The minimum absolute atomic E-state index is 0.231. The van der Waals surface area contributed by atoms with E-state index in [0.717, 1.165) is 6.08 Å². The number of benzene rings is 1. The number of carboxylic acid groups (broad SMARTS) is 1. The summed E-state index contributed by atoms with van der Waals surface area (Å²) < 4.78 is 12.7. The molecule has 0 radical (unpaired) electrons. The van der Waals surface area contributed by atoms with Gasteiger partial charge in [-0.1, -0.05) is 0 Å². The van der Waals surface area contributed by atoms with Crippen molar-refractivity contribution in [3.05, 3.63) is 48.0 Å². The molecule has 0 fully saturated rings. The molecule has 1 aromatic carbocycles. The van der Waals surface area contributed by atoms with Crippen molar-refractivity contribution >= 4 is 23.7 Å². The third-order valence-corrected chi connectivity index (χ3v) is 2.07. The number of nitrogens with one attached hydrogen (secondary N) is 1. The Bertz CT molecular complexity index is 631. The fourth-order valence-electron chi connectivity index (χ4n) is 1.23. The summed E-state index contributed by atoms with van der Waals surface area (Å²) in [4.78, 5) is 17.0. The Hall–Kier alpha value is -2.83. The molecule has 0 saturated carbocycles. The zero-order chi connectivity index (χ0) is 13.7. The number of aromatic amines is 1. The molecule has 19 heavy (non-hydrogen) atoms. The third-order valence-electron chi connectivity index (χ3n) is 2.07. The van der Waals surface area contributed by atoms with Crippen LogP contribution in [0, 0.1) is 5.82 Å². The molecule has 1 aromatic heterocycles. The summed E-state index contributed by atoms with van der Waals surface area (Å²) in [5, 5.41) is 16.1. The molecule has 6 nitrogen and oxygen atoms in total. The maximum Gasteiger partial charge on any atom is 0.328 e. The molecule has 96 valence electrons. The number of hydrogen-bond donors (Lipinski definition) is 2. The molecule has 0 spiro atoms. The van der Waals surface area contributed by atoms with Crippen molar-refractivity contribution in [3.8, 4) is 0 Å². The standard InChI is InChI=1S/C12H9FN4O2/c13-8-1-3-9(4-2-8)16-17-12-14-7-10(15-12)5-6-11(18)19/h1-7H,(H,14,15)(H,18,19)/b6-5+,17-16?. The van der Waals surface area contributed by atoms with E-state index in [-0.39, 0.29) is 11.8 Å². The normalized spacial score (nSPS) is 11.4. The Balaban J connectivity index is 2.07. The predicted molar refractivity (Wildman–Crippen MR) is 65.8 cm³/mol. The van der Waals surface area contributed by atoms with Gasteiger partial charge in [0, 0.05) is 6.08 Å². The predicted octanol–water partition coefficient (Wildman–Crippen LogP) is 3.06. The van der Waals surface area contributed by atoms with Crippen LogP contribution in [0.15, 0.2) is 46.8 Å². The molecule has 0 unspecified atom stereocenters. The van der Waals surface area contributed by atoms with Crippen molar-refractivity contribution < 1.29 is 14.3 Å². The van der Waals surface area contributed by atoms with Gasteiger partial charge in [-0.15, -0.1) is 10.2 Å². The van der Waals surface area contributed by atoms with Gasteiger partial charge >= 0.3 is 5.97 Å². The summed E-state index contributed by atoms with van der Waals surface area (Å²) in [5.74, 6) is -1.17. The lowest BCUT2D eigenvalue weighted by atomic mass is 10.3. The summed E-state index contributed by atoms with van der Waals surface area (Å²) in [6.07, 6.45) is 3.76. The average molecular weight is 260 g/mol. The molecule has 1 heterocycles. The van der Waals surface area contributed by atoms with Crippen LogP contribution in [-0.4, -0.2) is 21.0 Å². The first-order valence-electron chi connectivity index (χ1n) is 5.27. The van der Waals surface area contributed by atoms with Crippen molar-refractivity contribution in [1.29, 1.82) is 0 Å². The van der Waals surface area contributed by atoms with E-state index in [1.165, 1.54) is 36.5 Å². The number of imidazole rings is 1. The molecule has 0 atom stereocenters. The number of rotatable bonds is 4. The number of carbonyl (C=O) groups is 1. The van der Waals surface area contributed by atoms with Gasteiger partial charge in [0.2, 0.25) is 5.95 Å². The lowest BCUT2D eigenvalue weighted by Gasteiger charge is -1.90. The molecule has 7 heteroatoms. The van der Waals surface area contributed by atoms with Crippen LogP contribution in [-0.2, 0) is 4.79 Å². The van der Waals surface area contributed by atoms with Gasteiger partial charge in [0.25, 0.3) is 0 Å². The smallest absolute Gasteiger partial charge is 0.328 e. The highest BCUT2D eigenvalue weighted by Crippen LogP contribution is 2.16. The minimum atomic E-state index is -1.05. The molecule has 0 bridgehead atoms. The zero-order valence-electron chi connectivity index (χ0n) is 9.62. The first kappa shape index (κ1) is 12.6. The lowest BCUT2D eigenvalue weighted by molar-refractivity contribution is -0.131. The topological polar surface area (TPSA) is 90.7 Å².